The van der Waals surface area contributed by atoms with Crippen LogP contribution >= 0.6 is 0 Å². The van der Waals surface area contributed by atoms with Gasteiger partial charge in [0, 0.05) is 29.6 Å². The fraction of sp³-hybridized carbons (Fsp3) is 0.371. The van der Waals surface area contributed by atoms with Gasteiger partial charge in [-0.05, 0) is 82.8 Å². The van der Waals surface area contributed by atoms with Crippen LogP contribution in [0.4, 0.5) is 5.69 Å². The molecule has 41 heavy (non-hydrogen) atoms. The molecule has 0 spiro atoms. The summed E-state index contributed by atoms with van der Waals surface area (Å²) in [5.74, 6) is 2.73. The average Bonchev–Trinajstić information content (AvgIpc) is 3.31. The standard InChI is InChI=1S/C14H19N3O.C12H17NO.C6H8.C3H6/c1-3-11-14(15)10-7-9(5-6-12(10)17-11)8-16-13(18)4-2;1-10(11(2)14)13-9-8-12-6-4-3-5-7-12;1-4-6(3)5-2;1-3-2/h5-7,17H,3-4,8,15H2,1-2H3,(H,16,18);3-7,10,13H,8-9H2,1-2H3;1,5H,2-3H3;3H,1H2,2H3/b;;6-5-;. The van der Waals surface area contributed by atoms with Crippen LogP contribution in [0.2, 0.25) is 0 Å². The summed E-state index contributed by atoms with van der Waals surface area (Å²) >= 11 is 0. The Bertz CT molecular complexity index is 1270. The smallest absolute Gasteiger partial charge is 0.219 e. The SMILES string of the molecule is C#C/C(C)=C\C.C=CC.CC(=O)C(C)NCCc1ccccc1.CCC(=O)NCc1ccc2[nH]c(CC)c(N)c2c1. The maximum atomic E-state index is 11.2. The monoisotopic (exact) mass is 558 g/mol. The first-order chi connectivity index (χ1) is 19.6. The number of terminal acetylenes is 1. The molecule has 1 unspecified atom stereocenters. The molecule has 0 aliphatic rings. The van der Waals surface area contributed by atoms with Crippen molar-refractivity contribution < 1.29 is 9.59 Å². The number of aromatic amines is 1. The lowest BCUT2D eigenvalue weighted by molar-refractivity contribution is -0.121. The molecule has 1 heterocycles. The molecule has 0 saturated heterocycles. The first-order valence-corrected chi connectivity index (χ1v) is 14.2. The second kappa shape index (κ2) is 21.7. The Labute approximate surface area is 247 Å². The molecule has 0 aliphatic heterocycles. The molecule has 0 aliphatic carbocycles. The van der Waals surface area contributed by atoms with E-state index in [1.165, 1.54) is 5.56 Å². The van der Waals surface area contributed by atoms with Crippen molar-refractivity contribution in [3.63, 3.8) is 0 Å². The number of allylic oxidation sites excluding steroid dienone is 3. The molecular formula is C35H50N4O2. The van der Waals surface area contributed by atoms with Gasteiger partial charge in [0.15, 0.2) is 0 Å². The molecule has 0 saturated carbocycles. The van der Waals surface area contributed by atoms with Crippen LogP contribution in [0.15, 0.2) is 72.8 Å². The number of carbonyl (C=O) groups is 2. The van der Waals surface area contributed by atoms with Crippen LogP contribution in [-0.4, -0.2) is 29.3 Å². The van der Waals surface area contributed by atoms with E-state index in [9.17, 15) is 9.59 Å². The fourth-order valence-electron chi connectivity index (χ4n) is 3.33. The summed E-state index contributed by atoms with van der Waals surface area (Å²) in [5, 5.41) is 7.08. The number of nitrogens with one attached hydrogen (secondary N) is 3. The Balaban J connectivity index is 0.000000616. The van der Waals surface area contributed by atoms with Gasteiger partial charge in [0.05, 0.1) is 11.7 Å². The lowest BCUT2D eigenvalue weighted by Crippen LogP contribution is -2.33. The summed E-state index contributed by atoms with van der Waals surface area (Å²) in [6, 6.07) is 16.3. The summed E-state index contributed by atoms with van der Waals surface area (Å²) < 4.78 is 0. The van der Waals surface area contributed by atoms with Crippen LogP contribution in [0.25, 0.3) is 10.9 Å². The van der Waals surface area contributed by atoms with Gasteiger partial charge in [-0.15, -0.1) is 13.0 Å². The van der Waals surface area contributed by atoms with Crippen molar-refractivity contribution in [1.82, 2.24) is 15.6 Å². The van der Waals surface area contributed by atoms with Crippen LogP contribution in [0.5, 0.6) is 0 Å². The van der Waals surface area contributed by atoms with Gasteiger partial charge in [-0.25, -0.2) is 0 Å². The first kappa shape index (κ1) is 36.9. The van der Waals surface area contributed by atoms with Crippen LogP contribution < -0.4 is 16.4 Å². The summed E-state index contributed by atoms with van der Waals surface area (Å²) in [7, 11) is 0. The summed E-state index contributed by atoms with van der Waals surface area (Å²) in [4.78, 5) is 25.5. The minimum absolute atomic E-state index is 0.0290. The summed E-state index contributed by atoms with van der Waals surface area (Å²) in [6.07, 6.45) is 11.0. The van der Waals surface area contributed by atoms with E-state index in [2.05, 4.69) is 47.2 Å². The number of H-pyrrole nitrogens is 1. The minimum Gasteiger partial charge on any atom is -0.397 e. The highest BCUT2D eigenvalue weighted by molar-refractivity contribution is 5.93. The van der Waals surface area contributed by atoms with E-state index in [1.54, 1.807) is 13.0 Å². The number of nitrogens with two attached hydrogens (primary N) is 1. The summed E-state index contributed by atoms with van der Waals surface area (Å²) in [5.41, 5.74) is 12.4. The van der Waals surface area contributed by atoms with Gasteiger partial charge in [0.1, 0.15) is 5.78 Å². The zero-order valence-corrected chi connectivity index (χ0v) is 26.1. The quantitative estimate of drug-likeness (QED) is 0.169. The minimum atomic E-state index is -0.0290. The highest BCUT2D eigenvalue weighted by atomic mass is 16.1. The number of hydrogen-bond acceptors (Lipinski definition) is 4. The van der Waals surface area contributed by atoms with Crippen molar-refractivity contribution in [2.45, 2.75) is 80.3 Å². The molecule has 6 nitrogen and oxygen atoms in total. The number of hydrogen-bond donors (Lipinski definition) is 4. The second-order valence-electron chi connectivity index (χ2n) is 9.43. The van der Waals surface area contributed by atoms with Gasteiger partial charge in [-0.1, -0.05) is 68.3 Å². The Kier molecular flexibility index (Phi) is 19.5. The fourth-order valence-corrected chi connectivity index (χ4v) is 3.33. The number of anilines is 1. The van der Waals surface area contributed by atoms with E-state index in [-0.39, 0.29) is 17.7 Å². The molecule has 0 bridgehead atoms. The average molecular weight is 559 g/mol. The Morgan fingerprint density at radius 1 is 1.10 bits per heavy atom. The van der Waals surface area contributed by atoms with Gasteiger partial charge in [-0.3, -0.25) is 9.59 Å². The normalized spacial score (nSPS) is 10.8. The number of carbonyl (C=O) groups excluding carboxylic acids is 2. The Hall–Kier alpha value is -4.08. The molecule has 0 fully saturated rings. The van der Waals surface area contributed by atoms with Crippen molar-refractivity contribution in [3.05, 3.63) is 89.7 Å². The second-order valence-corrected chi connectivity index (χ2v) is 9.43. The molecule has 5 N–H and O–H groups in total. The van der Waals surface area contributed by atoms with Gasteiger partial charge in [-0.2, -0.15) is 0 Å². The van der Waals surface area contributed by atoms with Crippen molar-refractivity contribution in [3.8, 4) is 12.3 Å². The highest BCUT2D eigenvalue weighted by Crippen LogP contribution is 2.26. The van der Waals surface area contributed by atoms with Gasteiger partial charge in [0.25, 0.3) is 0 Å². The number of nitrogen functional groups attached to an aromatic ring is 1. The van der Waals surface area contributed by atoms with E-state index in [1.807, 2.05) is 77.1 Å². The maximum absolute atomic E-state index is 11.2. The van der Waals surface area contributed by atoms with E-state index in [0.717, 1.165) is 52.8 Å². The molecule has 1 amide bonds. The number of fused-ring (bicyclic) bond motifs is 1. The van der Waals surface area contributed by atoms with Gasteiger partial charge in [0.2, 0.25) is 5.91 Å². The van der Waals surface area contributed by atoms with Crippen molar-refractivity contribution in [2.24, 2.45) is 0 Å². The first-order valence-electron chi connectivity index (χ1n) is 14.2. The third kappa shape index (κ3) is 15.3. The van der Waals surface area contributed by atoms with E-state index >= 15 is 0 Å². The lowest BCUT2D eigenvalue weighted by atomic mass is 10.1. The molecular weight excluding hydrogens is 508 g/mol. The molecule has 222 valence electrons. The molecule has 1 aromatic heterocycles. The number of aromatic nitrogens is 1. The van der Waals surface area contributed by atoms with Crippen molar-refractivity contribution in [1.29, 1.82) is 0 Å². The lowest BCUT2D eigenvalue weighted by Gasteiger charge is -2.09. The zero-order valence-electron chi connectivity index (χ0n) is 26.1. The highest BCUT2D eigenvalue weighted by Gasteiger charge is 2.08. The van der Waals surface area contributed by atoms with Crippen molar-refractivity contribution in [2.75, 3.05) is 12.3 Å². The topological polar surface area (TPSA) is 100 Å². The predicted octanol–water partition coefficient (Wildman–Crippen LogP) is 6.91. The van der Waals surface area contributed by atoms with Gasteiger partial charge >= 0.3 is 0 Å². The molecule has 6 heteroatoms. The molecule has 2 aromatic carbocycles. The van der Waals surface area contributed by atoms with Crippen LogP contribution in [0.1, 0.15) is 71.7 Å². The Morgan fingerprint density at radius 3 is 2.22 bits per heavy atom. The van der Waals surface area contributed by atoms with Crippen LogP contribution in [-0.2, 0) is 29.0 Å². The summed E-state index contributed by atoms with van der Waals surface area (Å²) in [6.45, 7) is 17.9. The third-order valence-electron chi connectivity index (χ3n) is 6.13. The predicted molar refractivity (Wildman–Crippen MR) is 177 cm³/mol. The number of aryl methyl sites for hydroxylation is 1. The number of benzene rings is 2. The van der Waals surface area contributed by atoms with E-state index in [0.29, 0.717) is 13.0 Å². The molecule has 0 radical (unpaired) electrons. The van der Waals surface area contributed by atoms with Crippen molar-refractivity contribution >= 4 is 28.3 Å². The molecule has 3 aromatic rings. The van der Waals surface area contributed by atoms with Crippen LogP contribution in [0, 0.1) is 12.3 Å². The number of Topliss-reactive ketones (excluding diaryl/α,β-unsaturated/α-hetero) is 1. The number of ketones is 1. The third-order valence-corrected chi connectivity index (χ3v) is 6.13. The Morgan fingerprint density at radius 2 is 1.73 bits per heavy atom. The number of rotatable bonds is 9. The zero-order chi connectivity index (χ0) is 31.2. The molecule has 1 atom stereocenters. The largest absolute Gasteiger partial charge is 0.397 e. The number of amides is 1. The van der Waals surface area contributed by atoms with Crippen LogP contribution in [0.3, 0.4) is 0 Å². The molecule has 3 rings (SSSR count). The van der Waals surface area contributed by atoms with E-state index in [4.69, 9.17) is 12.2 Å². The maximum Gasteiger partial charge on any atom is 0.219 e. The van der Waals surface area contributed by atoms with E-state index < -0.39 is 0 Å². The van der Waals surface area contributed by atoms with Gasteiger partial charge < -0.3 is 21.4 Å².